The van der Waals surface area contributed by atoms with Gasteiger partial charge in [-0.2, -0.15) is 0 Å². The van der Waals surface area contributed by atoms with Gasteiger partial charge in [-0.15, -0.1) is 0 Å². The van der Waals surface area contributed by atoms with E-state index in [1.165, 1.54) is 45.0 Å². The molecule has 4 rings (SSSR count). The normalized spacial score (nSPS) is 10.9. The van der Waals surface area contributed by atoms with E-state index in [0.29, 0.717) is 13.0 Å². The molecule has 0 bridgehead atoms. The van der Waals surface area contributed by atoms with Crippen molar-refractivity contribution in [3.05, 3.63) is 95.6 Å². The number of benzene rings is 4. The first-order valence-electron chi connectivity index (χ1n) is 13.6. The molecule has 0 aliphatic rings. The molecule has 198 valence electrons. The maximum absolute atomic E-state index is 11.6. The lowest BCUT2D eigenvalue weighted by molar-refractivity contribution is -0.143. The predicted molar refractivity (Wildman–Crippen MR) is 155 cm³/mol. The van der Waals surface area contributed by atoms with E-state index in [2.05, 4.69) is 66.7 Å². The van der Waals surface area contributed by atoms with Crippen molar-refractivity contribution in [2.24, 2.45) is 0 Å². The topological polar surface area (TPSA) is 44.8 Å². The maximum Gasteiger partial charge on any atom is 0.306 e. The summed E-state index contributed by atoms with van der Waals surface area (Å²) in [5.41, 5.74) is 6.41. The Morgan fingerprint density at radius 2 is 1.34 bits per heavy atom. The van der Waals surface area contributed by atoms with Crippen molar-refractivity contribution in [2.75, 3.05) is 20.8 Å². The fraction of sp³-hybridized carbons (Fsp3) is 0.324. The van der Waals surface area contributed by atoms with Crippen molar-refractivity contribution in [3.63, 3.8) is 0 Å². The number of ether oxygens (including phenoxy) is 3. The molecule has 4 aromatic carbocycles. The second kappa shape index (κ2) is 13.7. The standard InChI is InChI=1S/C34H38O4/c1-4-38-34(35)23-14-26-12-10-25(11-13-26)8-6-5-7-9-33-31(27-15-18-29(36-2)19-16-27)21-17-28-24-30(37-3)20-22-32(28)33/h10-13,15-22,24H,4-9,14,23H2,1-3H3. The average molecular weight is 511 g/mol. The van der Waals surface area contributed by atoms with Gasteiger partial charge in [-0.1, -0.05) is 61.0 Å². The zero-order valence-electron chi connectivity index (χ0n) is 22.8. The monoisotopic (exact) mass is 510 g/mol. The Kier molecular flexibility index (Phi) is 9.80. The molecule has 4 heteroatoms. The van der Waals surface area contributed by atoms with Crippen LogP contribution in [0.2, 0.25) is 0 Å². The number of hydrogen-bond donors (Lipinski definition) is 0. The average Bonchev–Trinajstić information content (AvgIpc) is 2.96. The number of hydrogen-bond acceptors (Lipinski definition) is 4. The fourth-order valence-electron chi connectivity index (χ4n) is 4.97. The van der Waals surface area contributed by atoms with E-state index in [4.69, 9.17) is 14.2 Å². The van der Waals surface area contributed by atoms with Gasteiger partial charge in [0.15, 0.2) is 0 Å². The Bertz CT molecular complexity index is 1320. The number of aryl methyl sites for hydroxylation is 3. The van der Waals surface area contributed by atoms with Crippen LogP contribution in [0.25, 0.3) is 21.9 Å². The Morgan fingerprint density at radius 1 is 0.684 bits per heavy atom. The summed E-state index contributed by atoms with van der Waals surface area (Å²) in [6, 6.07) is 27.8. The number of rotatable bonds is 13. The molecule has 0 unspecified atom stereocenters. The molecule has 0 aliphatic heterocycles. The van der Waals surface area contributed by atoms with E-state index in [1.54, 1.807) is 14.2 Å². The first kappa shape index (κ1) is 27.3. The van der Waals surface area contributed by atoms with Crippen molar-refractivity contribution < 1.29 is 19.0 Å². The van der Waals surface area contributed by atoms with Gasteiger partial charge in [0.25, 0.3) is 0 Å². The number of unbranched alkanes of at least 4 members (excludes halogenated alkanes) is 2. The zero-order chi connectivity index (χ0) is 26.7. The van der Waals surface area contributed by atoms with Crippen LogP contribution in [0.3, 0.4) is 0 Å². The lowest BCUT2D eigenvalue weighted by atomic mass is 9.90. The Balaban J connectivity index is 1.38. The molecule has 0 saturated heterocycles. The molecule has 0 amide bonds. The van der Waals surface area contributed by atoms with Gasteiger partial charge in [0.05, 0.1) is 20.8 Å². The van der Waals surface area contributed by atoms with Crippen molar-refractivity contribution in [3.8, 4) is 22.6 Å². The number of fused-ring (bicyclic) bond motifs is 1. The summed E-state index contributed by atoms with van der Waals surface area (Å²) < 4.78 is 15.8. The van der Waals surface area contributed by atoms with Gasteiger partial charge in [0.2, 0.25) is 0 Å². The minimum atomic E-state index is -0.128. The smallest absolute Gasteiger partial charge is 0.306 e. The first-order valence-corrected chi connectivity index (χ1v) is 13.6. The third-order valence-corrected chi connectivity index (χ3v) is 7.08. The maximum atomic E-state index is 11.6. The van der Waals surface area contributed by atoms with Crippen LogP contribution < -0.4 is 9.47 Å². The number of carbonyl (C=O) groups is 1. The van der Waals surface area contributed by atoms with Crippen LogP contribution in [0.1, 0.15) is 49.3 Å². The van der Waals surface area contributed by atoms with Gasteiger partial charge in [-0.05, 0) is 102 Å². The Hall–Kier alpha value is -3.79. The van der Waals surface area contributed by atoms with Crippen LogP contribution >= 0.6 is 0 Å². The molecule has 4 nitrogen and oxygen atoms in total. The van der Waals surface area contributed by atoms with Gasteiger partial charge in [-0.25, -0.2) is 0 Å². The molecule has 0 radical (unpaired) electrons. The fourth-order valence-corrected chi connectivity index (χ4v) is 4.97. The van der Waals surface area contributed by atoms with E-state index in [-0.39, 0.29) is 5.97 Å². The molecule has 0 fully saturated rings. The SMILES string of the molecule is CCOC(=O)CCc1ccc(CCCCCc2c(-c3ccc(OC)cc3)ccc3cc(OC)ccc23)cc1. The summed E-state index contributed by atoms with van der Waals surface area (Å²) in [7, 11) is 3.41. The second-order valence-corrected chi connectivity index (χ2v) is 9.59. The molecule has 0 saturated carbocycles. The minimum absolute atomic E-state index is 0.128. The molecular formula is C34H38O4. The molecular weight excluding hydrogens is 472 g/mol. The highest BCUT2D eigenvalue weighted by Gasteiger charge is 2.11. The van der Waals surface area contributed by atoms with Crippen molar-refractivity contribution in [2.45, 2.75) is 51.9 Å². The summed E-state index contributed by atoms with van der Waals surface area (Å²) in [6.07, 6.45) is 6.71. The number of methoxy groups -OCH3 is 2. The lowest BCUT2D eigenvalue weighted by Crippen LogP contribution is -2.05. The minimum Gasteiger partial charge on any atom is -0.497 e. The zero-order valence-corrected chi connectivity index (χ0v) is 22.8. The lowest BCUT2D eigenvalue weighted by Gasteiger charge is -2.15. The Labute approximate surface area is 226 Å². The van der Waals surface area contributed by atoms with Gasteiger partial charge in [-0.3, -0.25) is 4.79 Å². The summed E-state index contributed by atoms with van der Waals surface area (Å²) in [5, 5.41) is 2.50. The highest BCUT2D eigenvalue weighted by molar-refractivity contribution is 5.92. The summed E-state index contributed by atoms with van der Waals surface area (Å²) in [4.78, 5) is 11.6. The van der Waals surface area contributed by atoms with E-state index in [0.717, 1.165) is 43.6 Å². The summed E-state index contributed by atoms with van der Waals surface area (Å²) in [6.45, 7) is 2.28. The van der Waals surface area contributed by atoms with E-state index in [1.807, 2.05) is 19.1 Å². The number of carbonyl (C=O) groups excluding carboxylic acids is 1. The highest BCUT2D eigenvalue weighted by atomic mass is 16.5. The first-order chi connectivity index (χ1) is 18.6. The molecule has 4 aromatic rings. The summed E-state index contributed by atoms with van der Waals surface area (Å²) >= 11 is 0. The third kappa shape index (κ3) is 7.16. The molecule has 0 spiro atoms. The van der Waals surface area contributed by atoms with Crippen LogP contribution in [-0.2, 0) is 28.8 Å². The molecule has 0 aliphatic carbocycles. The van der Waals surface area contributed by atoms with Crippen LogP contribution in [0.5, 0.6) is 11.5 Å². The second-order valence-electron chi connectivity index (χ2n) is 9.59. The quantitative estimate of drug-likeness (QED) is 0.135. The molecule has 0 aromatic heterocycles. The van der Waals surface area contributed by atoms with Crippen LogP contribution in [0.4, 0.5) is 0 Å². The highest BCUT2D eigenvalue weighted by Crippen LogP contribution is 2.34. The van der Waals surface area contributed by atoms with Gasteiger partial charge in [0, 0.05) is 6.42 Å². The van der Waals surface area contributed by atoms with Gasteiger partial charge >= 0.3 is 5.97 Å². The summed E-state index contributed by atoms with van der Waals surface area (Å²) in [5.74, 6) is 1.62. The number of esters is 1. The molecule has 38 heavy (non-hydrogen) atoms. The molecule has 0 heterocycles. The van der Waals surface area contributed by atoms with E-state index in [9.17, 15) is 4.79 Å². The molecule has 0 N–H and O–H groups in total. The molecule has 0 atom stereocenters. The van der Waals surface area contributed by atoms with E-state index < -0.39 is 0 Å². The third-order valence-electron chi connectivity index (χ3n) is 7.08. The van der Waals surface area contributed by atoms with Gasteiger partial charge in [0.1, 0.15) is 11.5 Å². The van der Waals surface area contributed by atoms with Crippen molar-refractivity contribution in [1.82, 2.24) is 0 Å². The van der Waals surface area contributed by atoms with Gasteiger partial charge < -0.3 is 14.2 Å². The Morgan fingerprint density at radius 3 is 2.03 bits per heavy atom. The van der Waals surface area contributed by atoms with Crippen LogP contribution in [0, 0.1) is 0 Å². The predicted octanol–water partition coefficient (Wildman–Crippen LogP) is 7.98. The van der Waals surface area contributed by atoms with Crippen molar-refractivity contribution in [1.29, 1.82) is 0 Å². The van der Waals surface area contributed by atoms with E-state index >= 15 is 0 Å². The van der Waals surface area contributed by atoms with Crippen molar-refractivity contribution >= 4 is 16.7 Å². The van der Waals surface area contributed by atoms with Crippen LogP contribution in [0.15, 0.2) is 78.9 Å². The van der Waals surface area contributed by atoms with Crippen LogP contribution in [-0.4, -0.2) is 26.8 Å². The largest absolute Gasteiger partial charge is 0.497 e.